The maximum Gasteiger partial charge on any atom is 0.0986 e. The van der Waals surface area contributed by atoms with E-state index in [4.69, 9.17) is 15.3 Å². The summed E-state index contributed by atoms with van der Waals surface area (Å²) in [5, 5.41) is 29.1. The zero-order valence-corrected chi connectivity index (χ0v) is 4.99. The summed E-state index contributed by atoms with van der Waals surface area (Å²) in [5.41, 5.74) is 0. The molecule has 0 saturated carbocycles. The molecule has 0 aromatic rings. The third kappa shape index (κ3) is 1.21. The molecule has 0 aliphatic carbocycles. The summed E-state index contributed by atoms with van der Waals surface area (Å²) < 4.78 is 0. The summed E-state index contributed by atoms with van der Waals surface area (Å²) in [6, 6.07) is -0.347. The van der Waals surface area contributed by atoms with Crippen LogP contribution in [0.3, 0.4) is 0 Å². The number of nitrogens with one attached hydrogen (secondary N) is 1. The van der Waals surface area contributed by atoms with Crippen LogP contribution in [0.25, 0.3) is 0 Å². The van der Waals surface area contributed by atoms with Gasteiger partial charge in [0, 0.05) is 6.54 Å². The highest BCUT2D eigenvalue weighted by atomic mass is 16.3. The highest BCUT2D eigenvalue weighted by molar-refractivity contribution is 4.89. The predicted molar refractivity (Wildman–Crippen MR) is 30.9 cm³/mol. The van der Waals surface area contributed by atoms with E-state index in [-0.39, 0.29) is 12.6 Å². The fraction of sp³-hybridized carbons (Fsp3) is 1.00. The molecule has 0 radical (unpaired) electrons. The molecule has 1 aliphatic heterocycles. The standard InChI is InChI=1S/C5H11NO3/c7-2-3-5(9)4(8)1-6-3/h3-9H,1-2H2/t3-,4-,5+/m1/s1. The molecule has 4 N–H and O–H groups in total. The molecule has 1 heterocycles. The maximum atomic E-state index is 8.98. The Bertz CT molecular complexity index is 98.2. The lowest BCUT2D eigenvalue weighted by molar-refractivity contribution is 0.0295. The van der Waals surface area contributed by atoms with Crippen LogP contribution in [0.1, 0.15) is 0 Å². The van der Waals surface area contributed by atoms with Gasteiger partial charge in [0.2, 0.25) is 0 Å². The Balaban J connectivity index is 2.41. The average molecular weight is 133 g/mol. The second kappa shape index (κ2) is 2.62. The molecule has 0 amide bonds. The third-order valence-corrected chi connectivity index (χ3v) is 1.59. The normalized spacial score (nSPS) is 43.7. The first-order valence-electron chi connectivity index (χ1n) is 2.96. The van der Waals surface area contributed by atoms with E-state index in [0.717, 1.165) is 0 Å². The van der Waals surface area contributed by atoms with Crippen molar-refractivity contribution >= 4 is 0 Å². The molecule has 0 aromatic heterocycles. The second-order valence-electron chi connectivity index (χ2n) is 2.26. The van der Waals surface area contributed by atoms with Gasteiger partial charge >= 0.3 is 0 Å². The van der Waals surface area contributed by atoms with Crippen LogP contribution in [-0.2, 0) is 0 Å². The molecule has 54 valence electrons. The summed E-state index contributed by atoms with van der Waals surface area (Å²) in [4.78, 5) is 0. The zero-order valence-electron chi connectivity index (χ0n) is 4.99. The minimum atomic E-state index is -0.810. The Morgan fingerprint density at radius 2 is 2.11 bits per heavy atom. The summed E-state index contributed by atoms with van der Waals surface area (Å²) in [6.45, 7) is 0.241. The Kier molecular flexibility index (Phi) is 2.02. The maximum absolute atomic E-state index is 8.98. The minimum absolute atomic E-state index is 0.127. The van der Waals surface area contributed by atoms with Gasteiger partial charge in [-0.2, -0.15) is 0 Å². The van der Waals surface area contributed by atoms with Crippen molar-refractivity contribution in [2.24, 2.45) is 0 Å². The molecule has 3 atom stereocenters. The van der Waals surface area contributed by atoms with Crippen molar-refractivity contribution in [2.75, 3.05) is 13.2 Å². The first kappa shape index (κ1) is 6.95. The summed E-state index contributed by atoms with van der Waals surface area (Å²) in [6.07, 6.45) is -1.53. The largest absolute Gasteiger partial charge is 0.395 e. The van der Waals surface area contributed by atoms with E-state index in [2.05, 4.69) is 5.32 Å². The Morgan fingerprint density at radius 3 is 2.33 bits per heavy atom. The summed E-state index contributed by atoms with van der Waals surface area (Å²) in [7, 11) is 0. The highest BCUT2D eigenvalue weighted by Gasteiger charge is 2.31. The van der Waals surface area contributed by atoms with Gasteiger partial charge in [0.15, 0.2) is 0 Å². The first-order valence-corrected chi connectivity index (χ1v) is 2.96. The third-order valence-electron chi connectivity index (χ3n) is 1.59. The molecule has 0 aromatic carbocycles. The molecular weight excluding hydrogens is 122 g/mol. The van der Waals surface area contributed by atoms with Crippen LogP contribution in [0.4, 0.5) is 0 Å². The van der Waals surface area contributed by atoms with Gasteiger partial charge in [0.1, 0.15) is 0 Å². The fourth-order valence-corrected chi connectivity index (χ4v) is 0.954. The molecule has 0 unspecified atom stereocenters. The fourth-order valence-electron chi connectivity index (χ4n) is 0.954. The van der Waals surface area contributed by atoms with Crippen LogP contribution in [0.2, 0.25) is 0 Å². The Morgan fingerprint density at radius 1 is 1.44 bits per heavy atom. The number of aliphatic hydroxyl groups excluding tert-OH is 3. The zero-order chi connectivity index (χ0) is 6.85. The smallest absolute Gasteiger partial charge is 0.0986 e. The highest BCUT2D eigenvalue weighted by Crippen LogP contribution is 2.05. The van der Waals surface area contributed by atoms with Gasteiger partial charge in [-0.05, 0) is 0 Å². The lowest BCUT2D eigenvalue weighted by Crippen LogP contribution is -2.35. The molecule has 4 nitrogen and oxygen atoms in total. The van der Waals surface area contributed by atoms with E-state index in [9.17, 15) is 0 Å². The van der Waals surface area contributed by atoms with Crippen molar-refractivity contribution in [3.05, 3.63) is 0 Å². The molecule has 1 fully saturated rings. The van der Waals surface area contributed by atoms with Crippen LogP contribution < -0.4 is 5.32 Å². The Hall–Kier alpha value is -0.160. The molecule has 0 spiro atoms. The average Bonchev–Trinajstić information content (AvgIpc) is 2.15. The molecule has 9 heavy (non-hydrogen) atoms. The molecule has 1 rings (SSSR count). The molecule has 4 heteroatoms. The van der Waals surface area contributed by atoms with Crippen LogP contribution in [-0.4, -0.2) is 46.7 Å². The van der Waals surface area contributed by atoms with Gasteiger partial charge in [0.25, 0.3) is 0 Å². The molecular formula is C5H11NO3. The van der Waals surface area contributed by atoms with Crippen molar-refractivity contribution < 1.29 is 15.3 Å². The van der Waals surface area contributed by atoms with E-state index in [1.165, 1.54) is 0 Å². The van der Waals surface area contributed by atoms with Gasteiger partial charge in [-0.3, -0.25) is 0 Å². The lowest BCUT2D eigenvalue weighted by atomic mass is 10.1. The van der Waals surface area contributed by atoms with Crippen LogP contribution in [0, 0.1) is 0 Å². The van der Waals surface area contributed by atoms with Gasteiger partial charge in [-0.25, -0.2) is 0 Å². The minimum Gasteiger partial charge on any atom is -0.395 e. The van der Waals surface area contributed by atoms with E-state index in [1.807, 2.05) is 0 Å². The number of rotatable bonds is 1. The number of hydrogen-bond donors (Lipinski definition) is 4. The van der Waals surface area contributed by atoms with Gasteiger partial charge in [-0.1, -0.05) is 0 Å². The number of aliphatic hydroxyl groups is 3. The van der Waals surface area contributed by atoms with Crippen molar-refractivity contribution in [3.63, 3.8) is 0 Å². The topological polar surface area (TPSA) is 72.7 Å². The lowest BCUT2D eigenvalue weighted by Gasteiger charge is -2.11. The summed E-state index contributed by atoms with van der Waals surface area (Å²) >= 11 is 0. The quantitative estimate of drug-likeness (QED) is 0.324. The SMILES string of the molecule is OC[C@H]1NC[C@@H](O)[C@H]1O. The molecule has 1 saturated heterocycles. The molecule has 0 bridgehead atoms. The van der Waals surface area contributed by atoms with Gasteiger partial charge < -0.3 is 20.6 Å². The number of hydrogen-bond acceptors (Lipinski definition) is 4. The number of β-amino-alcohol motifs (C(OH)–C–C–N with tert-alkyl or cyclic N) is 1. The first-order chi connectivity index (χ1) is 4.25. The predicted octanol–water partition coefficient (Wildman–Crippen LogP) is -2.33. The second-order valence-corrected chi connectivity index (χ2v) is 2.26. The van der Waals surface area contributed by atoms with Gasteiger partial charge in [-0.15, -0.1) is 0 Å². The van der Waals surface area contributed by atoms with Crippen molar-refractivity contribution in [1.82, 2.24) is 5.32 Å². The monoisotopic (exact) mass is 133 g/mol. The van der Waals surface area contributed by atoms with Gasteiger partial charge in [0.05, 0.1) is 24.9 Å². The molecule has 1 aliphatic rings. The van der Waals surface area contributed by atoms with Crippen molar-refractivity contribution in [3.8, 4) is 0 Å². The van der Waals surface area contributed by atoms with Crippen LogP contribution >= 0.6 is 0 Å². The van der Waals surface area contributed by atoms with E-state index < -0.39 is 12.2 Å². The Labute approximate surface area is 53.1 Å². The van der Waals surface area contributed by atoms with E-state index in [0.29, 0.717) is 6.54 Å². The van der Waals surface area contributed by atoms with Crippen molar-refractivity contribution in [2.45, 2.75) is 18.2 Å². The van der Waals surface area contributed by atoms with E-state index in [1.54, 1.807) is 0 Å². The summed E-state index contributed by atoms with van der Waals surface area (Å²) in [5.74, 6) is 0. The van der Waals surface area contributed by atoms with E-state index >= 15 is 0 Å². The van der Waals surface area contributed by atoms with Crippen LogP contribution in [0.15, 0.2) is 0 Å². The van der Waals surface area contributed by atoms with Crippen LogP contribution in [0.5, 0.6) is 0 Å². The van der Waals surface area contributed by atoms with Crippen molar-refractivity contribution in [1.29, 1.82) is 0 Å².